The number of benzene rings is 2. The van der Waals surface area contributed by atoms with Crippen molar-refractivity contribution in [2.24, 2.45) is 0 Å². The van der Waals surface area contributed by atoms with Crippen molar-refractivity contribution in [3.05, 3.63) is 107 Å². The van der Waals surface area contributed by atoms with Crippen LogP contribution >= 0.6 is 12.2 Å². The van der Waals surface area contributed by atoms with E-state index >= 15 is 0 Å². The summed E-state index contributed by atoms with van der Waals surface area (Å²) in [5.41, 5.74) is 7.32. The molecule has 1 aliphatic rings. The molecule has 0 spiro atoms. The third-order valence-electron chi connectivity index (χ3n) is 7.21. The van der Waals surface area contributed by atoms with E-state index in [1.54, 1.807) is 13.3 Å². The van der Waals surface area contributed by atoms with Crippen LogP contribution < -0.4 is 15.4 Å². The number of aromatic nitrogens is 2. The Morgan fingerprint density at radius 1 is 1.05 bits per heavy atom. The summed E-state index contributed by atoms with van der Waals surface area (Å²) < 4.78 is 7.67. The average Bonchev–Trinajstić information content (AvgIpc) is 3.42. The smallest absolute Gasteiger partial charge is 0.226 e. The van der Waals surface area contributed by atoms with Gasteiger partial charge in [-0.1, -0.05) is 30.3 Å². The van der Waals surface area contributed by atoms with Gasteiger partial charge in [-0.05, 0) is 86.6 Å². The van der Waals surface area contributed by atoms with Crippen molar-refractivity contribution in [1.82, 2.24) is 19.8 Å². The van der Waals surface area contributed by atoms with Gasteiger partial charge in [-0.25, -0.2) is 0 Å². The fourth-order valence-electron chi connectivity index (χ4n) is 5.42. The van der Waals surface area contributed by atoms with Crippen molar-refractivity contribution in [1.29, 1.82) is 0 Å². The molecule has 1 amide bonds. The number of nitrogens with zero attached hydrogens (tertiary/aromatic N) is 3. The molecule has 2 atom stereocenters. The highest BCUT2D eigenvalue weighted by atomic mass is 32.1. The number of nitrogens with one attached hydrogen (secondary N) is 2. The Morgan fingerprint density at radius 2 is 1.85 bits per heavy atom. The minimum absolute atomic E-state index is 0.104. The van der Waals surface area contributed by atoms with E-state index in [4.69, 9.17) is 17.0 Å². The number of carbonyl (C=O) groups is 1. The lowest BCUT2D eigenvalue weighted by atomic mass is 9.96. The van der Waals surface area contributed by atoms with E-state index in [0.29, 0.717) is 23.1 Å². The van der Waals surface area contributed by atoms with Crippen LogP contribution in [0.25, 0.3) is 5.69 Å². The fraction of sp³-hybridized carbons (Fsp3) is 0.258. The molecule has 200 valence electrons. The van der Waals surface area contributed by atoms with Crippen LogP contribution in [0.3, 0.4) is 0 Å². The van der Waals surface area contributed by atoms with Crippen LogP contribution in [0.15, 0.2) is 79.0 Å². The quantitative estimate of drug-likeness (QED) is 0.276. The number of para-hydroxylation sites is 2. The van der Waals surface area contributed by atoms with Gasteiger partial charge in [0.05, 0.1) is 30.6 Å². The Hall–Kier alpha value is -4.17. The molecule has 4 aromatic rings. The summed E-state index contributed by atoms with van der Waals surface area (Å²) >= 11 is 5.84. The number of anilines is 1. The molecule has 1 fully saturated rings. The number of ether oxygens (including phenoxy) is 1. The normalized spacial score (nSPS) is 16.7. The molecule has 2 aromatic carbocycles. The lowest BCUT2D eigenvalue weighted by Crippen LogP contribution is -2.33. The maximum absolute atomic E-state index is 13.0. The molecular weight excluding hydrogens is 506 g/mol. The van der Waals surface area contributed by atoms with Crippen molar-refractivity contribution in [3.8, 4) is 11.4 Å². The van der Waals surface area contributed by atoms with Crippen LogP contribution in [-0.4, -0.2) is 39.1 Å². The number of methoxy groups -OCH3 is 1. The van der Waals surface area contributed by atoms with E-state index < -0.39 is 0 Å². The molecule has 7 nitrogen and oxygen atoms in total. The maximum Gasteiger partial charge on any atom is 0.226 e. The van der Waals surface area contributed by atoms with Gasteiger partial charge in [-0.2, -0.15) is 0 Å². The van der Waals surface area contributed by atoms with E-state index in [9.17, 15) is 4.79 Å². The zero-order chi connectivity index (χ0) is 27.5. The lowest BCUT2D eigenvalue weighted by Gasteiger charge is -2.28. The van der Waals surface area contributed by atoms with Gasteiger partial charge in [-0.3, -0.25) is 9.78 Å². The minimum atomic E-state index is -0.151. The molecule has 2 aromatic heterocycles. The second kappa shape index (κ2) is 11.3. The topological polar surface area (TPSA) is 71.4 Å². The number of aryl methyl sites for hydroxylation is 2. The standard InChI is InChI=1S/C31H33N5O2S/c1-20-10-9-11-23(18-20)36-21(2)19-24(22(36)3)30-29(26-13-7-8-16-32-26)34-31(39)35(30)17-15-28(37)33-25-12-5-6-14-27(25)38-4/h5-14,16,18-19,29-30H,15,17H2,1-4H3,(H,33,37)(H,34,39)/t29-,30+/m0/s1. The molecule has 3 heterocycles. The molecule has 0 saturated carbocycles. The third kappa shape index (κ3) is 5.38. The summed E-state index contributed by atoms with van der Waals surface area (Å²) in [5.74, 6) is 0.522. The second-order valence-corrected chi connectivity index (χ2v) is 10.2. The third-order valence-corrected chi connectivity index (χ3v) is 7.56. The second-order valence-electron chi connectivity index (χ2n) is 9.82. The van der Waals surface area contributed by atoms with Crippen LogP contribution in [0, 0.1) is 20.8 Å². The van der Waals surface area contributed by atoms with E-state index in [0.717, 1.165) is 28.3 Å². The molecular formula is C31H33N5O2S. The summed E-state index contributed by atoms with van der Waals surface area (Å²) in [6.07, 6.45) is 2.07. The first-order valence-electron chi connectivity index (χ1n) is 13.0. The zero-order valence-electron chi connectivity index (χ0n) is 22.6. The SMILES string of the molecule is COc1ccccc1NC(=O)CCN1C(=S)N[C@@H](c2ccccn2)[C@H]1c1cc(C)n(-c2cccc(C)c2)c1C. The minimum Gasteiger partial charge on any atom is -0.495 e. The number of carbonyl (C=O) groups excluding carboxylic acids is 1. The monoisotopic (exact) mass is 539 g/mol. The summed E-state index contributed by atoms with van der Waals surface area (Å²) in [6.45, 7) is 6.83. The predicted molar refractivity (Wildman–Crippen MR) is 158 cm³/mol. The van der Waals surface area contributed by atoms with Gasteiger partial charge in [0.25, 0.3) is 0 Å². The van der Waals surface area contributed by atoms with Crippen LogP contribution in [0.4, 0.5) is 5.69 Å². The van der Waals surface area contributed by atoms with Gasteiger partial charge in [0, 0.05) is 36.2 Å². The molecule has 0 radical (unpaired) electrons. The van der Waals surface area contributed by atoms with Crippen LogP contribution in [0.5, 0.6) is 5.75 Å². The zero-order valence-corrected chi connectivity index (χ0v) is 23.5. The van der Waals surface area contributed by atoms with Crippen LogP contribution in [0.2, 0.25) is 0 Å². The van der Waals surface area contributed by atoms with Gasteiger partial charge < -0.3 is 24.8 Å². The highest BCUT2D eigenvalue weighted by Gasteiger charge is 2.41. The van der Waals surface area contributed by atoms with Gasteiger partial charge in [0.15, 0.2) is 5.11 Å². The Kier molecular flexibility index (Phi) is 7.65. The molecule has 0 aliphatic carbocycles. The summed E-state index contributed by atoms with van der Waals surface area (Å²) in [7, 11) is 1.59. The van der Waals surface area contributed by atoms with Crippen molar-refractivity contribution < 1.29 is 9.53 Å². The highest BCUT2D eigenvalue weighted by molar-refractivity contribution is 7.80. The summed E-state index contributed by atoms with van der Waals surface area (Å²) in [5, 5.41) is 7.09. The molecule has 1 aliphatic heterocycles. The largest absolute Gasteiger partial charge is 0.495 e. The van der Waals surface area contributed by atoms with Crippen molar-refractivity contribution in [2.45, 2.75) is 39.3 Å². The van der Waals surface area contributed by atoms with Crippen molar-refractivity contribution >= 4 is 28.9 Å². The molecule has 1 saturated heterocycles. The number of pyridine rings is 1. The van der Waals surface area contributed by atoms with Gasteiger partial charge >= 0.3 is 0 Å². The van der Waals surface area contributed by atoms with Gasteiger partial charge in [-0.15, -0.1) is 0 Å². The Morgan fingerprint density at radius 3 is 2.59 bits per heavy atom. The van der Waals surface area contributed by atoms with E-state index in [1.807, 2.05) is 42.5 Å². The summed E-state index contributed by atoms with van der Waals surface area (Å²) in [4.78, 5) is 19.8. The van der Waals surface area contributed by atoms with Crippen LogP contribution in [0.1, 0.15) is 46.7 Å². The molecule has 5 rings (SSSR count). The first kappa shape index (κ1) is 26.4. The Bertz CT molecular complexity index is 1500. The molecule has 39 heavy (non-hydrogen) atoms. The Balaban J connectivity index is 1.47. The van der Waals surface area contributed by atoms with E-state index in [-0.39, 0.29) is 24.4 Å². The van der Waals surface area contributed by atoms with E-state index in [1.165, 1.54) is 5.56 Å². The van der Waals surface area contributed by atoms with Gasteiger partial charge in [0.2, 0.25) is 5.91 Å². The number of hydrogen-bond acceptors (Lipinski definition) is 4. The molecule has 0 bridgehead atoms. The number of hydrogen-bond donors (Lipinski definition) is 2. The maximum atomic E-state index is 13.0. The predicted octanol–water partition coefficient (Wildman–Crippen LogP) is 5.81. The molecule has 2 N–H and O–H groups in total. The van der Waals surface area contributed by atoms with E-state index in [2.05, 4.69) is 76.2 Å². The first-order chi connectivity index (χ1) is 18.9. The van der Waals surface area contributed by atoms with Crippen LogP contribution in [-0.2, 0) is 4.79 Å². The Labute approximate surface area is 234 Å². The number of rotatable bonds is 8. The lowest BCUT2D eigenvalue weighted by molar-refractivity contribution is -0.116. The van der Waals surface area contributed by atoms with Crippen molar-refractivity contribution in [3.63, 3.8) is 0 Å². The molecule has 8 heteroatoms. The van der Waals surface area contributed by atoms with Gasteiger partial charge in [0.1, 0.15) is 5.75 Å². The fourth-order valence-corrected chi connectivity index (χ4v) is 5.75. The average molecular weight is 540 g/mol. The number of amides is 1. The summed E-state index contributed by atoms with van der Waals surface area (Å²) in [6, 6.07) is 23.8. The number of thiocarbonyl (C=S) groups is 1. The van der Waals surface area contributed by atoms with Crippen molar-refractivity contribution in [2.75, 3.05) is 19.0 Å². The first-order valence-corrected chi connectivity index (χ1v) is 13.4. The molecule has 0 unspecified atom stereocenters. The highest BCUT2D eigenvalue weighted by Crippen LogP contribution is 2.41.